The van der Waals surface area contributed by atoms with Crippen LogP contribution >= 0.6 is 11.8 Å². The highest BCUT2D eigenvalue weighted by Gasteiger charge is 2.19. The minimum atomic E-state index is -0.153. The zero-order chi connectivity index (χ0) is 12.1. The van der Waals surface area contributed by atoms with Gasteiger partial charge in [-0.05, 0) is 18.4 Å². The van der Waals surface area contributed by atoms with Gasteiger partial charge in [0.1, 0.15) is 11.5 Å². The number of benzene rings is 1. The number of thioether (sulfide) groups is 1. The van der Waals surface area contributed by atoms with Crippen LogP contribution in [0.1, 0.15) is 10.4 Å². The number of methoxy groups -OCH3 is 2. The summed E-state index contributed by atoms with van der Waals surface area (Å²) >= 11 is 1.44. The molecule has 0 unspecified atom stereocenters. The van der Waals surface area contributed by atoms with Crippen molar-refractivity contribution in [2.45, 2.75) is 4.90 Å². The molecule has 4 nitrogen and oxygen atoms in total. The molecule has 1 aromatic rings. The standard InChI is InChI=1S/C11H15NO3S/c1-14-8-4-5-9(15-2)11(16-3)10(8)7(13)6-12/h4-5H,6,12H2,1-3H3. The van der Waals surface area contributed by atoms with Crippen LogP contribution in [0.3, 0.4) is 0 Å². The first-order chi connectivity index (χ1) is 7.69. The summed E-state index contributed by atoms with van der Waals surface area (Å²) in [5.74, 6) is 1.03. The number of carbonyl (C=O) groups is 1. The summed E-state index contributed by atoms with van der Waals surface area (Å²) < 4.78 is 10.4. The second-order valence-corrected chi connectivity index (χ2v) is 3.82. The van der Waals surface area contributed by atoms with E-state index in [9.17, 15) is 4.79 Å². The Morgan fingerprint density at radius 3 is 2.31 bits per heavy atom. The number of hydrogen-bond acceptors (Lipinski definition) is 5. The number of ether oxygens (including phenoxy) is 2. The molecule has 0 aliphatic carbocycles. The Hall–Kier alpha value is -1.20. The fraction of sp³-hybridized carbons (Fsp3) is 0.364. The predicted octanol–water partition coefficient (Wildman–Crippen LogP) is 1.57. The van der Waals surface area contributed by atoms with Crippen molar-refractivity contribution < 1.29 is 14.3 Å². The monoisotopic (exact) mass is 241 g/mol. The van der Waals surface area contributed by atoms with Crippen molar-refractivity contribution in [2.75, 3.05) is 27.0 Å². The molecule has 0 saturated heterocycles. The largest absolute Gasteiger partial charge is 0.496 e. The van der Waals surface area contributed by atoms with Gasteiger partial charge < -0.3 is 15.2 Å². The van der Waals surface area contributed by atoms with Crippen LogP contribution < -0.4 is 15.2 Å². The van der Waals surface area contributed by atoms with E-state index in [1.165, 1.54) is 18.9 Å². The summed E-state index contributed by atoms with van der Waals surface area (Å²) in [7, 11) is 3.09. The van der Waals surface area contributed by atoms with E-state index >= 15 is 0 Å². The van der Waals surface area contributed by atoms with Crippen LogP contribution in [0.4, 0.5) is 0 Å². The molecule has 1 aromatic carbocycles. The summed E-state index contributed by atoms with van der Waals surface area (Å²) in [6, 6.07) is 3.49. The lowest BCUT2D eigenvalue weighted by molar-refractivity contribution is 0.0995. The molecule has 0 aliphatic rings. The molecular formula is C11H15NO3S. The molecule has 1 rings (SSSR count). The van der Waals surface area contributed by atoms with Crippen LogP contribution in [0.2, 0.25) is 0 Å². The van der Waals surface area contributed by atoms with Gasteiger partial charge in [0.2, 0.25) is 0 Å². The Morgan fingerprint density at radius 2 is 1.88 bits per heavy atom. The van der Waals surface area contributed by atoms with Gasteiger partial charge >= 0.3 is 0 Å². The van der Waals surface area contributed by atoms with E-state index in [-0.39, 0.29) is 12.3 Å². The molecule has 0 radical (unpaired) electrons. The third-order valence-electron chi connectivity index (χ3n) is 2.19. The van der Waals surface area contributed by atoms with Crippen LogP contribution in [0, 0.1) is 0 Å². The van der Waals surface area contributed by atoms with Crippen molar-refractivity contribution in [1.82, 2.24) is 0 Å². The van der Waals surface area contributed by atoms with Gasteiger partial charge in [0.25, 0.3) is 0 Å². The van der Waals surface area contributed by atoms with Crippen molar-refractivity contribution in [2.24, 2.45) is 5.73 Å². The molecule has 0 bridgehead atoms. The van der Waals surface area contributed by atoms with Gasteiger partial charge in [-0.1, -0.05) is 0 Å². The normalized spacial score (nSPS) is 10.0. The lowest BCUT2D eigenvalue weighted by atomic mass is 10.1. The van der Waals surface area contributed by atoms with E-state index in [0.29, 0.717) is 17.1 Å². The number of ketones is 1. The van der Waals surface area contributed by atoms with Crippen LogP contribution in [0.5, 0.6) is 11.5 Å². The molecule has 0 aliphatic heterocycles. The summed E-state index contributed by atoms with van der Waals surface area (Å²) in [6.07, 6.45) is 1.88. The van der Waals surface area contributed by atoms with Crippen molar-refractivity contribution in [3.05, 3.63) is 17.7 Å². The molecular weight excluding hydrogens is 226 g/mol. The highest BCUT2D eigenvalue weighted by Crippen LogP contribution is 2.36. The van der Waals surface area contributed by atoms with Crippen LogP contribution in [0.25, 0.3) is 0 Å². The average Bonchev–Trinajstić information content (AvgIpc) is 2.35. The average molecular weight is 241 g/mol. The minimum Gasteiger partial charge on any atom is -0.496 e. The quantitative estimate of drug-likeness (QED) is 0.626. The Labute approximate surface area is 99.1 Å². The van der Waals surface area contributed by atoms with Crippen molar-refractivity contribution in [3.63, 3.8) is 0 Å². The molecule has 0 aromatic heterocycles. The Balaban J connectivity index is 3.42. The maximum Gasteiger partial charge on any atom is 0.181 e. The molecule has 88 valence electrons. The minimum absolute atomic E-state index is 0.0446. The second-order valence-electron chi connectivity index (χ2n) is 3.01. The highest BCUT2D eigenvalue weighted by atomic mass is 32.2. The van der Waals surface area contributed by atoms with E-state index in [4.69, 9.17) is 15.2 Å². The van der Waals surface area contributed by atoms with Crippen molar-refractivity contribution in [1.29, 1.82) is 0 Å². The number of rotatable bonds is 5. The third-order valence-corrected chi connectivity index (χ3v) is 3.01. The number of hydrogen-bond donors (Lipinski definition) is 1. The van der Waals surface area contributed by atoms with E-state index in [2.05, 4.69) is 0 Å². The zero-order valence-corrected chi connectivity index (χ0v) is 10.4. The summed E-state index contributed by atoms with van der Waals surface area (Å²) in [6.45, 7) is -0.0446. The SMILES string of the molecule is COc1ccc(OC)c(C(=O)CN)c1SC. The first-order valence-corrected chi connectivity index (χ1v) is 5.94. The van der Waals surface area contributed by atoms with Crippen molar-refractivity contribution >= 4 is 17.5 Å². The van der Waals surface area contributed by atoms with E-state index in [0.717, 1.165) is 4.90 Å². The number of nitrogens with two attached hydrogens (primary N) is 1. The first-order valence-electron chi connectivity index (χ1n) is 4.71. The van der Waals surface area contributed by atoms with Crippen LogP contribution in [-0.2, 0) is 0 Å². The molecule has 0 saturated carbocycles. The van der Waals surface area contributed by atoms with Gasteiger partial charge in [-0.2, -0.15) is 0 Å². The lowest BCUT2D eigenvalue weighted by Gasteiger charge is -2.14. The molecule has 0 heterocycles. The first kappa shape index (κ1) is 12.9. The third kappa shape index (κ3) is 2.31. The summed E-state index contributed by atoms with van der Waals surface area (Å²) in [4.78, 5) is 12.5. The van der Waals surface area contributed by atoms with Gasteiger partial charge in [-0.25, -0.2) is 0 Å². The van der Waals surface area contributed by atoms with Crippen molar-refractivity contribution in [3.8, 4) is 11.5 Å². The maximum absolute atomic E-state index is 11.8. The molecule has 5 heteroatoms. The van der Waals surface area contributed by atoms with Gasteiger partial charge in [-0.15, -0.1) is 11.8 Å². The number of carbonyl (C=O) groups excluding carboxylic acids is 1. The smallest absolute Gasteiger partial charge is 0.181 e. The zero-order valence-electron chi connectivity index (χ0n) is 9.57. The summed E-state index contributed by atoms with van der Waals surface area (Å²) in [5, 5.41) is 0. The van der Waals surface area contributed by atoms with E-state index in [1.54, 1.807) is 19.2 Å². The Morgan fingerprint density at radius 1 is 1.31 bits per heavy atom. The second kappa shape index (κ2) is 5.77. The Kier molecular flexibility index (Phi) is 4.64. The molecule has 0 fully saturated rings. The lowest BCUT2D eigenvalue weighted by Crippen LogP contribution is -2.16. The predicted molar refractivity (Wildman–Crippen MR) is 64.7 cm³/mol. The molecule has 16 heavy (non-hydrogen) atoms. The van der Waals surface area contributed by atoms with Gasteiger partial charge in [0.15, 0.2) is 5.78 Å². The van der Waals surface area contributed by atoms with Gasteiger partial charge in [0, 0.05) is 0 Å². The topological polar surface area (TPSA) is 61.5 Å². The van der Waals surface area contributed by atoms with Gasteiger partial charge in [-0.3, -0.25) is 4.79 Å². The van der Waals surface area contributed by atoms with Gasteiger partial charge in [0.05, 0.1) is 31.2 Å². The highest BCUT2D eigenvalue weighted by molar-refractivity contribution is 7.98. The fourth-order valence-corrected chi connectivity index (χ4v) is 2.22. The summed E-state index contributed by atoms with van der Waals surface area (Å²) in [5.41, 5.74) is 5.88. The molecule has 0 amide bonds. The molecule has 0 atom stereocenters. The number of Topliss-reactive ketones (excluding diaryl/α,β-unsaturated/α-hetero) is 1. The Bertz CT molecular complexity index is 393. The van der Waals surface area contributed by atoms with Crippen LogP contribution in [-0.4, -0.2) is 32.8 Å². The van der Waals surface area contributed by atoms with Crippen LogP contribution in [0.15, 0.2) is 17.0 Å². The fourth-order valence-electron chi connectivity index (χ4n) is 1.45. The van der Waals surface area contributed by atoms with E-state index in [1.807, 2.05) is 6.26 Å². The van der Waals surface area contributed by atoms with E-state index < -0.39 is 0 Å². The molecule has 2 N–H and O–H groups in total. The molecule has 0 spiro atoms. The maximum atomic E-state index is 11.8.